The topological polar surface area (TPSA) is 244 Å². The lowest BCUT2D eigenvalue weighted by molar-refractivity contribution is 0.0695. The van der Waals surface area contributed by atoms with Crippen LogP contribution >= 0.6 is 0 Å². The van der Waals surface area contributed by atoms with Crippen molar-refractivity contribution >= 4 is 69.4 Å². The molecule has 0 spiro atoms. The number of ether oxygens (including phenoxy) is 2. The largest absolute Gasteiger partial charge is 0.478 e. The maximum absolute atomic E-state index is 12.9. The molecule has 0 aliphatic carbocycles. The lowest BCUT2D eigenvalue weighted by atomic mass is 10.1. The molecule has 0 unspecified atom stereocenters. The van der Waals surface area contributed by atoms with Gasteiger partial charge in [0, 0.05) is 111 Å². The molecule has 8 heterocycles. The van der Waals surface area contributed by atoms with Crippen molar-refractivity contribution in [3.8, 4) is 22.8 Å². The molecule has 4 saturated heterocycles. The van der Waals surface area contributed by atoms with Crippen molar-refractivity contribution < 1.29 is 33.8 Å². The quantitative estimate of drug-likeness (QED) is 0.0766. The Bertz CT molecular complexity index is 3450. The lowest BCUT2D eigenvalue weighted by Gasteiger charge is -2.28. The number of carbonyl (C=O) groups is 4. The fraction of sp³-hybridized carbons (Fsp3) is 0.344. The van der Waals surface area contributed by atoms with E-state index in [1.807, 2.05) is 87.0 Å². The zero-order valence-electron chi connectivity index (χ0n) is 46.7. The molecule has 4 aromatic carbocycles. The van der Waals surface area contributed by atoms with E-state index in [1.165, 1.54) is 50.3 Å². The van der Waals surface area contributed by atoms with Crippen molar-refractivity contribution in [1.82, 2.24) is 49.2 Å². The molecule has 84 heavy (non-hydrogen) atoms. The molecule has 23 heteroatoms. The van der Waals surface area contributed by atoms with Crippen LogP contribution in [0.4, 0.5) is 44.0 Å². The monoisotopic (exact) mass is 1140 g/mol. The Hall–Kier alpha value is -9.00. The number of amides is 5. The number of likely N-dealkylation sites (N-methyl/N-ethyl adjacent to an activating group) is 2. The van der Waals surface area contributed by atoms with Crippen LogP contribution in [0.15, 0.2) is 134 Å². The summed E-state index contributed by atoms with van der Waals surface area (Å²) in [6, 6.07) is 34.8. The van der Waals surface area contributed by atoms with Crippen molar-refractivity contribution in [2.75, 3.05) is 150 Å². The van der Waals surface area contributed by atoms with Crippen LogP contribution in [0.3, 0.4) is 0 Å². The molecule has 0 bridgehead atoms. The number of aromatic nitrogens is 6. The number of morpholine rings is 2. The Morgan fingerprint density at radius 2 is 0.917 bits per heavy atom. The molecule has 8 aromatic rings. The average Bonchev–Trinajstić information content (AvgIpc) is 3.87. The number of hydrogen-bond donors (Lipinski definition) is 6. The van der Waals surface area contributed by atoms with Crippen LogP contribution in [-0.4, -0.2) is 192 Å². The van der Waals surface area contributed by atoms with Crippen LogP contribution in [-0.2, 0) is 9.47 Å². The summed E-state index contributed by atoms with van der Waals surface area (Å²) < 4.78 is 14.6. The van der Waals surface area contributed by atoms with Crippen LogP contribution in [0.2, 0.25) is 0 Å². The van der Waals surface area contributed by atoms with E-state index < -0.39 is 12.0 Å². The Balaban J connectivity index is 0.000000178. The van der Waals surface area contributed by atoms with E-state index in [-0.39, 0.29) is 24.9 Å². The van der Waals surface area contributed by atoms with Gasteiger partial charge in [-0.15, -0.1) is 10.2 Å². The van der Waals surface area contributed by atoms with Crippen LogP contribution in [0.5, 0.6) is 0 Å². The molecular formula is C61H74N16O7. The summed E-state index contributed by atoms with van der Waals surface area (Å²) >= 11 is 0. The van der Waals surface area contributed by atoms with Crippen molar-refractivity contribution in [1.29, 1.82) is 0 Å². The van der Waals surface area contributed by atoms with E-state index in [9.17, 15) is 19.2 Å². The second-order valence-corrected chi connectivity index (χ2v) is 20.5. The lowest BCUT2D eigenvalue weighted by Crippen LogP contribution is -2.37. The first-order valence-corrected chi connectivity index (χ1v) is 28.0. The van der Waals surface area contributed by atoms with E-state index in [4.69, 9.17) is 24.5 Å². The number of benzene rings is 4. The van der Waals surface area contributed by atoms with E-state index in [2.05, 4.69) is 70.5 Å². The van der Waals surface area contributed by atoms with Gasteiger partial charge in [0.25, 0.3) is 5.91 Å². The van der Waals surface area contributed by atoms with Gasteiger partial charge in [-0.1, -0.05) is 7.43 Å². The molecule has 4 aliphatic rings. The summed E-state index contributed by atoms with van der Waals surface area (Å²) in [5.41, 5.74) is 6.66. The molecule has 5 amide bonds. The number of nitrogens with one attached hydrogen (secondary N) is 5. The predicted octanol–water partition coefficient (Wildman–Crippen LogP) is 7.78. The summed E-state index contributed by atoms with van der Waals surface area (Å²) in [6.07, 6.45) is 6.08. The average molecular weight is 1140 g/mol. The van der Waals surface area contributed by atoms with E-state index in [0.717, 1.165) is 99.1 Å². The smallest absolute Gasteiger partial charge is 0.335 e. The molecule has 4 aliphatic heterocycles. The Morgan fingerprint density at radius 3 is 1.38 bits per heavy atom. The zero-order valence-corrected chi connectivity index (χ0v) is 46.7. The van der Waals surface area contributed by atoms with Gasteiger partial charge in [-0.25, -0.2) is 33.4 Å². The highest BCUT2D eigenvalue weighted by Crippen LogP contribution is 2.28. The number of aromatic carboxylic acids is 1. The second kappa shape index (κ2) is 28.8. The van der Waals surface area contributed by atoms with Gasteiger partial charge in [0.2, 0.25) is 0 Å². The van der Waals surface area contributed by atoms with Gasteiger partial charge in [0.05, 0.1) is 32.0 Å². The van der Waals surface area contributed by atoms with Crippen molar-refractivity contribution in [3.63, 3.8) is 0 Å². The highest BCUT2D eigenvalue weighted by Gasteiger charge is 2.22. The van der Waals surface area contributed by atoms with Crippen LogP contribution in [0.1, 0.15) is 41.0 Å². The molecule has 6 N–H and O–H groups in total. The van der Waals surface area contributed by atoms with E-state index >= 15 is 0 Å². The number of urea groups is 2. The summed E-state index contributed by atoms with van der Waals surface area (Å²) in [5.74, 6) is 1.94. The SMILES string of the molecule is C.CN1CCCN(C(=O)c2ccc(NC(=O)Nc3ccc(-c4nc(N5CCOCC5)c5cccn5n4)cc3)cc2)CC1.CN1CCCNCC1.O=C(Nc1ccc(C(=O)O)cc1)Nc1ccc(-c2nc(N3CCOCC3)c3cccn3n2)cc1. The van der Waals surface area contributed by atoms with Gasteiger partial charge in [-0.3, -0.25) is 4.79 Å². The zero-order chi connectivity index (χ0) is 57.5. The highest BCUT2D eigenvalue weighted by molar-refractivity contribution is 6.01. The number of nitrogens with zero attached hydrogens (tertiary/aromatic N) is 11. The number of hydrogen-bond acceptors (Lipinski definition) is 15. The minimum atomic E-state index is -1.02. The fourth-order valence-electron chi connectivity index (χ4n) is 9.89. The van der Waals surface area contributed by atoms with Gasteiger partial charge in [-0.2, -0.15) is 0 Å². The first-order chi connectivity index (χ1) is 40.5. The van der Waals surface area contributed by atoms with Crippen molar-refractivity contribution in [3.05, 3.63) is 145 Å². The van der Waals surface area contributed by atoms with E-state index in [1.54, 1.807) is 36.4 Å². The molecule has 0 saturated carbocycles. The van der Waals surface area contributed by atoms with Gasteiger partial charge in [0.1, 0.15) is 11.0 Å². The maximum Gasteiger partial charge on any atom is 0.335 e. The summed E-state index contributed by atoms with van der Waals surface area (Å²) in [7, 11) is 4.25. The first kappa shape index (κ1) is 59.6. The van der Waals surface area contributed by atoms with Gasteiger partial charge in [0.15, 0.2) is 23.3 Å². The van der Waals surface area contributed by atoms with Crippen LogP contribution in [0.25, 0.3) is 33.8 Å². The van der Waals surface area contributed by atoms with Crippen LogP contribution in [0, 0.1) is 0 Å². The number of carboxylic acids is 1. The minimum absolute atomic E-state index is 0. The molecule has 4 fully saturated rings. The maximum atomic E-state index is 12.9. The van der Waals surface area contributed by atoms with Gasteiger partial charge in [-0.05, 0) is 168 Å². The normalized spacial score (nSPS) is 15.9. The summed E-state index contributed by atoms with van der Waals surface area (Å²) in [4.78, 5) is 69.4. The minimum Gasteiger partial charge on any atom is -0.478 e. The number of anilines is 6. The first-order valence-electron chi connectivity index (χ1n) is 28.0. The molecule has 0 radical (unpaired) electrons. The number of carbonyl (C=O) groups excluding carboxylic acids is 3. The Labute approximate surface area is 488 Å². The third-order valence-electron chi connectivity index (χ3n) is 14.5. The number of carboxylic acid groups (broad SMARTS) is 1. The molecule has 0 atom stereocenters. The van der Waals surface area contributed by atoms with Crippen LogP contribution < -0.4 is 36.4 Å². The standard InChI is InChI=1S/C30H34N8O3.C24H22N6O4.C6H14N2.CH4/c1-35-13-3-14-37(17-16-35)29(39)23-7-11-25(12-8-23)32-30(40)31-24-9-5-22(6-10-24)27-33-28(36-18-20-41-21-19-36)26-4-2-15-38(26)34-27;31-23(32)17-5-9-19(10-6-17)26-24(33)25-18-7-3-16(4-8-18)21-27-22(29-12-14-34-15-13-29)20-2-1-11-30(20)28-21;1-8-5-2-3-7-4-6-8;/h2,4-12,15H,3,13-14,16-21H2,1H3,(H2,31,32,40);1-11H,12-15H2,(H,31,32)(H2,25,26,33);7H,2-6H2,1H3;1H4. The van der Waals surface area contributed by atoms with E-state index in [0.29, 0.717) is 66.4 Å². The second-order valence-electron chi connectivity index (χ2n) is 20.5. The van der Waals surface area contributed by atoms with Gasteiger partial charge >= 0.3 is 18.0 Å². The number of rotatable bonds is 10. The van der Waals surface area contributed by atoms with Crippen molar-refractivity contribution in [2.45, 2.75) is 20.3 Å². The Morgan fingerprint density at radius 1 is 0.488 bits per heavy atom. The molecular weight excluding hydrogens is 1070 g/mol. The van der Waals surface area contributed by atoms with Gasteiger partial charge < -0.3 is 65.7 Å². The summed E-state index contributed by atoms with van der Waals surface area (Å²) in [6.45, 7) is 14.0. The highest BCUT2D eigenvalue weighted by atomic mass is 16.5. The van der Waals surface area contributed by atoms with Crippen molar-refractivity contribution in [2.24, 2.45) is 0 Å². The summed E-state index contributed by atoms with van der Waals surface area (Å²) in [5, 5.41) is 32.7. The molecule has 440 valence electrons. The third kappa shape index (κ3) is 15.8. The number of fused-ring (bicyclic) bond motifs is 2. The third-order valence-corrected chi connectivity index (χ3v) is 14.5. The molecule has 23 nitrogen and oxygen atoms in total. The Kier molecular flexibility index (Phi) is 20.4. The molecule has 12 rings (SSSR count). The molecule has 4 aromatic heterocycles. The predicted molar refractivity (Wildman–Crippen MR) is 328 cm³/mol. The fourth-order valence-corrected chi connectivity index (χ4v) is 9.89.